The summed E-state index contributed by atoms with van der Waals surface area (Å²) in [5.74, 6) is 0.962. The molecule has 0 radical (unpaired) electrons. The van der Waals surface area contributed by atoms with E-state index in [0.29, 0.717) is 23.9 Å². The highest BCUT2D eigenvalue weighted by Crippen LogP contribution is 2.22. The minimum Gasteiger partial charge on any atom is -0.494 e. The third-order valence-corrected chi connectivity index (χ3v) is 5.54. The van der Waals surface area contributed by atoms with Crippen LogP contribution in [-0.4, -0.2) is 44.9 Å². The van der Waals surface area contributed by atoms with Crippen molar-refractivity contribution in [2.75, 3.05) is 26.7 Å². The summed E-state index contributed by atoms with van der Waals surface area (Å²) in [4.78, 5) is 0.150. The number of nitrogens with zero attached hydrogens (tertiary/aromatic N) is 2. The van der Waals surface area contributed by atoms with Crippen molar-refractivity contribution in [1.82, 2.24) is 19.8 Å². The van der Waals surface area contributed by atoms with E-state index in [1.807, 2.05) is 18.2 Å². The maximum atomic E-state index is 12.5. The van der Waals surface area contributed by atoms with Gasteiger partial charge in [0.05, 0.1) is 19.5 Å². The molecule has 1 saturated heterocycles. The Bertz CT molecular complexity index is 782. The SMILES string of the molecule is COc1ccccc1-n1cc(S(=O)(=O)NCC2CCCNC2)cn1. The third kappa shape index (κ3) is 3.77. The number of para-hydroxylation sites is 2. The molecule has 2 N–H and O–H groups in total. The van der Waals surface area contributed by atoms with Gasteiger partial charge >= 0.3 is 0 Å². The molecule has 2 heterocycles. The van der Waals surface area contributed by atoms with Gasteiger partial charge in [-0.2, -0.15) is 5.10 Å². The maximum Gasteiger partial charge on any atom is 0.243 e. The minimum absolute atomic E-state index is 0.150. The Kier molecular flexibility index (Phi) is 5.17. The summed E-state index contributed by atoms with van der Waals surface area (Å²) in [6, 6.07) is 7.33. The molecule has 130 valence electrons. The molecule has 7 nitrogen and oxygen atoms in total. The molecular formula is C16H22N4O3S. The number of hydrogen-bond acceptors (Lipinski definition) is 5. The summed E-state index contributed by atoms with van der Waals surface area (Å²) in [7, 11) is -2.00. The monoisotopic (exact) mass is 350 g/mol. The highest BCUT2D eigenvalue weighted by atomic mass is 32.2. The van der Waals surface area contributed by atoms with Gasteiger partial charge in [0, 0.05) is 6.54 Å². The van der Waals surface area contributed by atoms with E-state index in [1.165, 1.54) is 17.1 Å². The molecule has 2 aromatic rings. The molecule has 8 heteroatoms. The summed E-state index contributed by atoms with van der Waals surface area (Å²) in [5.41, 5.74) is 0.693. The van der Waals surface area contributed by atoms with Gasteiger partial charge in [-0.25, -0.2) is 17.8 Å². The van der Waals surface area contributed by atoms with Crippen LogP contribution in [0.1, 0.15) is 12.8 Å². The van der Waals surface area contributed by atoms with Crippen molar-refractivity contribution in [1.29, 1.82) is 0 Å². The molecule has 0 saturated carbocycles. The minimum atomic E-state index is -3.57. The number of piperidine rings is 1. The van der Waals surface area contributed by atoms with Gasteiger partial charge in [0.25, 0.3) is 0 Å². The van der Waals surface area contributed by atoms with Crippen LogP contribution in [0.5, 0.6) is 5.75 Å². The van der Waals surface area contributed by atoms with E-state index >= 15 is 0 Å². The fraction of sp³-hybridized carbons (Fsp3) is 0.438. The van der Waals surface area contributed by atoms with Crippen molar-refractivity contribution in [3.05, 3.63) is 36.7 Å². The highest BCUT2D eigenvalue weighted by Gasteiger charge is 2.20. The molecule has 24 heavy (non-hydrogen) atoms. The largest absolute Gasteiger partial charge is 0.494 e. The van der Waals surface area contributed by atoms with Gasteiger partial charge in [-0.3, -0.25) is 0 Å². The van der Waals surface area contributed by atoms with Gasteiger partial charge in [0.2, 0.25) is 10.0 Å². The predicted octanol–water partition coefficient (Wildman–Crippen LogP) is 1.16. The zero-order valence-corrected chi connectivity index (χ0v) is 14.4. The van der Waals surface area contributed by atoms with Crippen LogP contribution < -0.4 is 14.8 Å². The molecule has 1 aliphatic heterocycles. The van der Waals surface area contributed by atoms with Gasteiger partial charge in [-0.05, 0) is 44.0 Å². The third-order valence-electron chi connectivity index (χ3n) is 4.16. The molecule has 0 aliphatic carbocycles. The van der Waals surface area contributed by atoms with Crippen molar-refractivity contribution >= 4 is 10.0 Å². The Morgan fingerprint density at radius 3 is 3.00 bits per heavy atom. The second kappa shape index (κ2) is 7.33. The normalized spacial score (nSPS) is 18.5. The van der Waals surface area contributed by atoms with Gasteiger partial charge in [-0.1, -0.05) is 12.1 Å². The lowest BCUT2D eigenvalue weighted by atomic mass is 10.0. The molecule has 3 rings (SSSR count). The maximum absolute atomic E-state index is 12.5. The van der Waals surface area contributed by atoms with E-state index in [2.05, 4.69) is 15.1 Å². The van der Waals surface area contributed by atoms with Gasteiger partial charge in [0.15, 0.2) is 0 Å². The van der Waals surface area contributed by atoms with Crippen molar-refractivity contribution in [3.63, 3.8) is 0 Å². The van der Waals surface area contributed by atoms with E-state index in [9.17, 15) is 8.42 Å². The number of benzene rings is 1. The van der Waals surface area contributed by atoms with E-state index in [1.54, 1.807) is 13.2 Å². The fourth-order valence-corrected chi connectivity index (χ4v) is 3.85. The molecule has 1 atom stereocenters. The average molecular weight is 350 g/mol. The summed E-state index contributed by atoms with van der Waals surface area (Å²) < 4.78 is 34.4. The Labute approximate surface area is 142 Å². The smallest absolute Gasteiger partial charge is 0.243 e. The van der Waals surface area contributed by atoms with E-state index in [4.69, 9.17) is 4.74 Å². The van der Waals surface area contributed by atoms with Crippen LogP contribution >= 0.6 is 0 Å². The first kappa shape index (κ1) is 16.9. The molecule has 0 spiro atoms. The molecule has 0 bridgehead atoms. The first-order chi connectivity index (χ1) is 11.6. The number of aromatic nitrogens is 2. The summed E-state index contributed by atoms with van der Waals surface area (Å²) >= 11 is 0. The van der Waals surface area contributed by atoms with Crippen molar-refractivity contribution in [2.24, 2.45) is 5.92 Å². The van der Waals surface area contributed by atoms with Crippen molar-refractivity contribution < 1.29 is 13.2 Å². The van der Waals surface area contributed by atoms with Crippen LogP contribution in [0.4, 0.5) is 0 Å². The fourth-order valence-electron chi connectivity index (χ4n) is 2.80. The zero-order chi connectivity index (χ0) is 17.0. The number of hydrogen-bond donors (Lipinski definition) is 2. The Hall–Kier alpha value is -1.90. The summed E-state index contributed by atoms with van der Waals surface area (Å²) in [6.07, 6.45) is 4.97. The van der Waals surface area contributed by atoms with Crippen LogP contribution in [0.2, 0.25) is 0 Å². The standard InChI is InChI=1S/C16H22N4O3S/c1-23-16-7-3-2-6-15(16)20-12-14(11-18-20)24(21,22)19-10-13-5-4-8-17-9-13/h2-3,6-7,11-13,17,19H,4-5,8-10H2,1H3. The lowest BCUT2D eigenvalue weighted by Crippen LogP contribution is -2.38. The Morgan fingerprint density at radius 1 is 1.42 bits per heavy atom. The number of ether oxygens (including phenoxy) is 1. The molecule has 0 amide bonds. The average Bonchev–Trinajstić information content (AvgIpc) is 3.12. The molecule has 1 aromatic carbocycles. The number of nitrogens with one attached hydrogen (secondary N) is 2. The molecular weight excluding hydrogens is 328 g/mol. The predicted molar refractivity (Wildman–Crippen MR) is 90.9 cm³/mol. The lowest BCUT2D eigenvalue weighted by molar-refractivity contribution is 0.376. The number of sulfonamides is 1. The molecule has 1 aliphatic rings. The first-order valence-corrected chi connectivity index (χ1v) is 9.47. The summed E-state index contributed by atoms with van der Waals surface area (Å²) in [5, 5.41) is 7.45. The first-order valence-electron chi connectivity index (χ1n) is 7.98. The number of methoxy groups -OCH3 is 1. The molecule has 1 aromatic heterocycles. The van der Waals surface area contributed by atoms with Crippen LogP contribution in [0.15, 0.2) is 41.6 Å². The Morgan fingerprint density at radius 2 is 2.25 bits per heavy atom. The van der Waals surface area contributed by atoms with Crippen molar-refractivity contribution in [3.8, 4) is 11.4 Å². The van der Waals surface area contributed by atoms with E-state index in [-0.39, 0.29) is 4.90 Å². The van der Waals surface area contributed by atoms with E-state index in [0.717, 1.165) is 25.9 Å². The van der Waals surface area contributed by atoms with Crippen LogP contribution in [0, 0.1) is 5.92 Å². The van der Waals surface area contributed by atoms with Gasteiger partial charge < -0.3 is 10.1 Å². The quantitative estimate of drug-likeness (QED) is 0.817. The second-order valence-electron chi connectivity index (χ2n) is 5.86. The second-order valence-corrected chi connectivity index (χ2v) is 7.62. The molecule has 1 fully saturated rings. The van der Waals surface area contributed by atoms with Gasteiger partial charge in [-0.15, -0.1) is 0 Å². The lowest BCUT2D eigenvalue weighted by Gasteiger charge is -2.22. The summed E-state index contributed by atoms with van der Waals surface area (Å²) in [6.45, 7) is 2.30. The molecule has 1 unspecified atom stereocenters. The van der Waals surface area contributed by atoms with Crippen LogP contribution in [0.25, 0.3) is 5.69 Å². The highest BCUT2D eigenvalue weighted by molar-refractivity contribution is 7.89. The van der Waals surface area contributed by atoms with Gasteiger partial charge in [0.1, 0.15) is 16.3 Å². The van der Waals surface area contributed by atoms with Crippen LogP contribution in [0.3, 0.4) is 0 Å². The zero-order valence-electron chi connectivity index (χ0n) is 13.6. The van der Waals surface area contributed by atoms with Crippen LogP contribution in [-0.2, 0) is 10.0 Å². The Balaban J connectivity index is 1.74. The topological polar surface area (TPSA) is 85.2 Å². The number of rotatable bonds is 6. The van der Waals surface area contributed by atoms with Crippen molar-refractivity contribution in [2.45, 2.75) is 17.7 Å². The van der Waals surface area contributed by atoms with E-state index < -0.39 is 10.0 Å².